The fourth-order valence-electron chi connectivity index (χ4n) is 1.16. The average Bonchev–Trinajstić information content (AvgIpc) is 2.23. The van der Waals surface area contributed by atoms with Crippen molar-refractivity contribution >= 4 is 5.97 Å². The summed E-state index contributed by atoms with van der Waals surface area (Å²) in [6, 6.07) is 8.48. The van der Waals surface area contributed by atoms with Crippen molar-refractivity contribution in [2.24, 2.45) is 0 Å². The third-order valence-electron chi connectivity index (χ3n) is 2.21. The number of benzene rings is 1. The van der Waals surface area contributed by atoms with Crippen LogP contribution in [0.2, 0.25) is 0 Å². The summed E-state index contributed by atoms with van der Waals surface area (Å²) in [6.45, 7) is 6.25. The number of carboxylic acids is 1. The van der Waals surface area contributed by atoms with E-state index in [2.05, 4.69) is 45.0 Å². The highest BCUT2D eigenvalue weighted by atomic mass is 16.4. The molecule has 0 aliphatic rings. The molecule has 0 aliphatic carbocycles. The first kappa shape index (κ1) is 14.7. The van der Waals surface area contributed by atoms with Gasteiger partial charge in [-0.3, -0.25) is 4.79 Å². The lowest BCUT2D eigenvalue weighted by atomic mass is 10.2. The molecule has 0 aliphatic heterocycles. The minimum absolute atomic E-state index is 0.327. The van der Waals surface area contributed by atoms with Crippen LogP contribution in [0.25, 0.3) is 0 Å². The van der Waals surface area contributed by atoms with Gasteiger partial charge in [0.05, 0.1) is 0 Å². The highest BCUT2D eigenvalue weighted by molar-refractivity contribution is 5.66. The lowest BCUT2D eigenvalue weighted by Gasteiger charge is -1.90. The first-order chi connectivity index (χ1) is 7.56. The SMILES string of the molecule is CCCCCC(=O)O.Cc1ccc(C)cc1. The van der Waals surface area contributed by atoms with Crippen LogP contribution in [0.3, 0.4) is 0 Å². The van der Waals surface area contributed by atoms with Crippen molar-refractivity contribution in [2.45, 2.75) is 46.5 Å². The van der Waals surface area contributed by atoms with E-state index in [0.29, 0.717) is 6.42 Å². The number of hydrogen-bond donors (Lipinski definition) is 1. The lowest BCUT2D eigenvalue weighted by molar-refractivity contribution is -0.137. The molecule has 1 aromatic rings. The van der Waals surface area contributed by atoms with Crippen LogP contribution in [0.4, 0.5) is 0 Å². The Morgan fingerprint density at radius 3 is 1.81 bits per heavy atom. The first-order valence-corrected chi connectivity index (χ1v) is 5.81. The fraction of sp³-hybridized carbons (Fsp3) is 0.500. The van der Waals surface area contributed by atoms with Gasteiger partial charge in [-0.15, -0.1) is 0 Å². The van der Waals surface area contributed by atoms with Crippen molar-refractivity contribution in [1.82, 2.24) is 0 Å². The molecular weight excluding hydrogens is 200 g/mol. The molecule has 0 fully saturated rings. The van der Waals surface area contributed by atoms with Gasteiger partial charge in [0.15, 0.2) is 0 Å². The molecule has 2 nitrogen and oxygen atoms in total. The van der Waals surface area contributed by atoms with Crippen molar-refractivity contribution in [3.63, 3.8) is 0 Å². The van der Waals surface area contributed by atoms with Gasteiger partial charge in [-0.1, -0.05) is 55.2 Å². The number of unbranched alkanes of at least 4 members (excludes halogenated alkanes) is 2. The summed E-state index contributed by atoms with van der Waals surface area (Å²) in [4.78, 5) is 9.87. The van der Waals surface area contributed by atoms with Crippen LogP contribution in [0.15, 0.2) is 24.3 Å². The van der Waals surface area contributed by atoms with Gasteiger partial charge < -0.3 is 5.11 Å². The third kappa shape index (κ3) is 9.25. The van der Waals surface area contributed by atoms with Crippen LogP contribution in [-0.4, -0.2) is 11.1 Å². The maximum Gasteiger partial charge on any atom is 0.303 e. The van der Waals surface area contributed by atoms with E-state index >= 15 is 0 Å². The first-order valence-electron chi connectivity index (χ1n) is 5.81. The Bertz CT molecular complexity index is 267. The van der Waals surface area contributed by atoms with E-state index < -0.39 is 5.97 Å². The minimum atomic E-state index is -0.682. The lowest BCUT2D eigenvalue weighted by Crippen LogP contribution is -1.92. The molecule has 0 bridgehead atoms. The van der Waals surface area contributed by atoms with Crippen LogP contribution < -0.4 is 0 Å². The highest BCUT2D eigenvalue weighted by Crippen LogP contribution is 1.99. The van der Waals surface area contributed by atoms with Gasteiger partial charge in [-0.2, -0.15) is 0 Å². The van der Waals surface area contributed by atoms with E-state index in [1.54, 1.807) is 0 Å². The maximum atomic E-state index is 9.87. The van der Waals surface area contributed by atoms with Gasteiger partial charge in [0, 0.05) is 6.42 Å². The molecule has 1 aromatic carbocycles. The van der Waals surface area contributed by atoms with Crippen molar-refractivity contribution in [1.29, 1.82) is 0 Å². The summed E-state index contributed by atoms with van der Waals surface area (Å²) < 4.78 is 0. The normalized spacial score (nSPS) is 9.19. The zero-order valence-electron chi connectivity index (χ0n) is 10.5. The van der Waals surface area contributed by atoms with E-state index in [4.69, 9.17) is 5.11 Å². The van der Waals surface area contributed by atoms with Crippen LogP contribution in [-0.2, 0) is 4.79 Å². The number of carboxylic acid groups (broad SMARTS) is 1. The molecule has 2 heteroatoms. The predicted octanol–water partition coefficient (Wildman–Crippen LogP) is 3.95. The summed E-state index contributed by atoms with van der Waals surface area (Å²) in [5, 5.41) is 8.14. The topological polar surface area (TPSA) is 37.3 Å². The molecular formula is C14H22O2. The smallest absolute Gasteiger partial charge is 0.303 e. The molecule has 1 rings (SSSR count). The second-order valence-electron chi connectivity index (χ2n) is 4.01. The van der Waals surface area contributed by atoms with E-state index in [9.17, 15) is 4.79 Å². The Balaban J connectivity index is 0.000000281. The van der Waals surface area contributed by atoms with Gasteiger partial charge >= 0.3 is 5.97 Å². The quantitative estimate of drug-likeness (QED) is 0.783. The van der Waals surface area contributed by atoms with E-state index in [0.717, 1.165) is 19.3 Å². The van der Waals surface area contributed by atoms with Crippen LogP contribution >= 0.6 is 0 Å². The highest BCUT2D eigenvalue weighted by Gasteiger charge is 1.92. The summed E-state index contributed by atoms with van der Waals surface area (Å²) in [5.41, 5.74) is 2.66. The number of carbonyl (C=O) groups is 1. The minimum Gasteiger partial charge on any atom is -0.481 e. The molecule has 0 atom stereocenters. The van der Waals surface area contributed by atoms with Crippen molar-refractivity contribution in [3.8, 4) is 0 Å². The van der Waals surface area contributed by atoms with Crippen molar-refractivity contribution in [2.75, 3.05) is 0 Å². The summed E-state index contributed by atoms with van der Waals surface area (Å²) in [7, 11) is 0. The average molecular weight is 222 g/mol. The molecule has 0 heterocycles. The molecule has 0 amide bonds. The number of hydrogen-bond acceptors (Lipinski definition) is 1. The third-order valence-corrected chi connectivity index (χ3v) is 2.21. The number of rotatable bonds is 4. The van der Waals surface area contributed by atoms with Crippen molar-refractivity contribution in [3.05, 3.63) is 35.4 Å². The molecule has 16 heavy (non-hydrogen) atoms. The fourth-order valence-corrected chi connectivity index (χ4v) is 1.16. The zero-order chi connectivity index (χ0) is 12.4. The molecule has 0 radical (unpaired) electrons. The van der Waals surface area contributed by atoms with E-state index in [-0.39, 0.29) is 0 Å². The Kier molecular flexibility index (Phi) is 8.22. The number of aryl methyl sites for hydroxylation is 2. The Morgan fingerprint density at radius 1 is 1.06 bits per heavy atom. The van der Waals surface area contributed by atoms with Gasteiger partial charge in [0.25, 0.3) is 0 Å². The summed E-state index contributed by atoms with van der Waals surface area (Å²) >= 11 is 0. The molecule has 90 valence electrons. The molecule has 0 aromatic heterocycles. The Hall–Kier alpha value is -1.31. The van der Waals surface area contributed by atoms with Gasteiger partial charge in [0.1, 0.15) is 0 Å². The van der Waals surface area contributed by atoms with Crippen LogP contribution in [0.1, 0.15) is 43.7 Å². The predicted molar refractivity (Wildman–Crippen MR) is 67.7 cm³/mol. The number of aliphatic carboxylic acids is 1. The molecule has 1 N–H and O–H groups in total. The van der Waals surface area contributed by atoms with E-state index in [1.165, 1.54) is 11.1 Å². The summed E-state index contributed by atoms with van der Waals surface area (Å²) in [5.74, 6) is -0.682. The molecule has 0 spiro atoms. The van der Waals surface area contributed by atoms with Gasteiger partial charge in [-0.05, 0) is 20.3 Å². The van der Waals surface area contributed by atoms with Crippen LogP contribution in [0.5, 0.6) is 0 Å². The van der Waals surface area contributed by atoms with Crippen LogP contribution in [0, 0.1) is 13.8 Å². The molecule has 0 unspecified atom stereocenters. The largest absolute Gasteiger partial charge is 0.481 e. The Labute approximate surface area is 98.3 Å². The van der Waals surface area contributed by atoms with Gasteiger partial charge in [0.2, 0.25) is 0 Å². The second-order valence-corrected chi connectivity index (χ2v) is 4.01. The maximum absolute atomic E-state index is 9.87. The standard InChI is InChI=1S/C8H10.C6H12O2/c1-7-3-5-8(2)6-4-7;1-2-3-4-5-6(7)8/h3-6H,1-2H3;2-5H2,1H3,(H,7,8). The van der Waals surface area contributed by atoms with Gasteiger partial charge in [-0.25, -0.2) is 0 Å². The zero-order valence-corrected chi connectivity index (χ0v) is 10.5. The second kappa shape index (κ2) is 8.96. The van der Waals surface area contributed by atoms with E-state index in [1.807, 2.05) is 0 Å². The summed E-state index contributed by atoms with van der Waals surface area (Å²) in [6.07, 6.45) is 3.28. The van der Waals surface area contributed by atoms with Crippen molar-refractivity contribution < 1.29 is 9.90 Å². The molecule has 0 saturated carbocycles. The monoisotopic (exact) mass is 222 g/mol. The Morgan fingerprint density at radius 2 is 1.50 bits per heavy atom. The molecule has 0 saturated heterocycles.